The molecule has 3 heterocycles. The van der Waals surface area contributed by atoms with E-state index < -0.39 is 5.91 Å². The lowest BCUT2D eigenvalue weighted by Gasteiger charge is -2.16. The molecule has 0 saturated carbocycles. The number of nitrogens with two attached hydrogens (primary N) is 2. The molecule has 7 heteroatoms. The second-order valence-corrected chi connectivity index (χ2v) is 4.93. The molecule has 1 saturated heterocycles. The van der Waals surface area contributed by atoms with Crippen LogP contribution in [0.2, 0.25) is 0 Å². The van der Waals surface area contributed by atoms with Gasteiger partial charge in [0.1, 0.15) is 0 Å². The Morgan fingerprint density at radius 1 is 1.55 bits per heavy atom. The molecular formula is C13H17N5O2. The van der Waals surface area contributed by atoms with Gasteiger partial charge in [0.05, 0.1) is 29.6 Å². The van der Waals surface area contributed by atoms with Crippen LogP contribution in [0, 0.1) is 0 Å². The van der Waals surface area contributed by atoms with Gasteiger partial charge in [-0.2, -0.15) is 10.2 Å². The number of hydrogen-bond acceptors (Lipinski definition) is 5. The average Bonchev–Trinajstić information content (AvgIpc) is 3.06. The zero-order chi connectivity index (χ0) is 14.3. The van der Waals surface area contributed by atoms with Crippen LogP contribution in [0.25, 0.3) is 5.52 Å². The van der Waals surface area contributed by atoms with Gasteiger partial charge in [-0.1, -0.05) is 0 Å². The van der Waals surface area contributed by atoms with Crippen LogP contribution < -0.4 is 11.5 Å². The summed E-state index contributed by atoms with van der Waals surface area (Å²) in [4.78, 5) is 17.0. The first-order chi connectivity index (χ1) is 9.61. The molecule has 1 aliphatic rings. The smallest absolute Gasteiger partial charge is 0.252 e. The minimum Gasteiger partial charge on any atom is -0.396 e. The van der Waals surface area contributed by atoms with Gasteiger partial charge in [0.25, 0.3) is 5.91 Å². The average molecular weight is 275 g/mol. The number of carbonyl (C=O) groups excluding carboxylic acids is 1. The quantitative estimate of drug-likeness (QED) is 0.843. The molecule has 0 radical (unpaired) electrons. The summed E-state index contributed by atoms with van der Waals surface area (Å²) in [5.74, 6) is -0.448. The predicted octanol–water partition coefficient (Wildman–Crippen LogP) is 0.366. The summed E-state index contributed by atoms with van der Waals surface area (Å²) in [6, 6.07) is 3.65. The summed E-state index contributed by atoms with van der Waals surface area (Å²) in [5.41, 5.74) is 13.7. The number of nitrogens with zero attached hydrogens (tertiary/aromatic N) is 3. The third kappa shape index (κ3) is 1.91. The van der Waals surface area contributed by atoms with Gasteiger partial charge >= 0.3 is 0 Å². The summed E-state index contributed by atoms with van der Waals surface area (Å²) in [6.45, 7) is 1.47. The highest BCUT2D eigenvalue weighted by molar-refractivity contribution is 6.02. The standard InChI is InChI=1S/C13H17N5O2/c1-20-17-6-4-8(7-17)12-10(13(15)19)11(14)9-3-2-5-18(9)16-12/h2-3,5,8H,4,6-7,14H2,1H3,(H2,15,19). The summed E-state index contributed by atoms with van der Waals surface area (Å²) in [5, 5.41) is 6.36. The van der Waals surface area contributed by atoms with Crippen molar-refractivity contribution in [3.8, 4) is 0 Å². The van der Waals surface area contributed by atoms with Crippen LogP contribution >= 0.6 is 0 Å². The summed E-state index contributed by atoms with van der Waals surface area (Å²) in [6.07, 6.45) is 2.66. The van der Waals surface area contributed by atoms with Crippen molar-refractivity contribution in [3.05, 3.63) is 29.6 Å². The fourth-order valence-electron chi connectivity index (χ4n) is 2.77. The molecule has 1 amide bonds. The van der Waals surface area contributed by atoms with Crippen molar-refractivity contribution < 1.29 is 9.63 Å². The monoisotopic (exact) mass is 275 g/mol. The Bertz CT molecular complexity index is 666. The highest BCUT2D eigenvalue weighted by Crippen LogP contribution is 2.31. The molecule has 3 rings (SSSR count). The molecule has 2 aromatic rings. The van der Waals surface area contributed by atoms with Crippen LogP contribution in [0.5, 0.6) is 0 Å². The lowest BCUT2D eigenvalue weighted by Crippen LogP contribution is -2.23. The van der Waals surface area contributed by atoms with Crippen LogP contribution in [0.4, 0.5) is 5.69 Å². The fourth-order valence-corrected chi connectivity index (χ4v) is 2.77. The summed E-state index contributed by atoms with van der Waals surface area (Å²) < 4.78 is 1.69. The number of carbonyl (C=O) groups is 1. The Morgan fingerprint density at radius 2 is 2.35 bits per heavy atom. The maximum Gasteiger partial charge on any atom is 0.252 e. The van der Waals surface area contributed by atoms with E-state index in [4.69, 9.17) is 16.3 Å². The minimum atomic E-state index is -0.537. The molecule has 2 aromatic heterocycles. The van der Waals surface area contributed by atoms with Gasteiger partial charge in [-0.05, 0) is 18.6 Å². The van der Waals surface area contributed by atoms with Crippen molar-refractivity contribution in [2.45, 2.75) is 12.3 Å². The van der Waals surface area contributed by atoms with E-state index in [9.17, 15) is 4.79 Å². The van der Waals surface area contributed by atoms with Gasteiger partial charge < -0.3 is 16.3 Å². The predicted molar refractivity (Wildman–Crippen MR) is 74.1 cm³/mol. The van der Waals surface area contributed by atoms with Crippen molar-refractivity contribution in [3.63, 3.8) is 0 Å². The number of amides is 1. The highest BCUT2D eigenvalue weighted by Gasteiger charge is 2.30. The van der Waals surface area contributed by atoms with Gasteiger partial charge in [0.15, 0.2) is 0 Å². The second-order valence-electron chi connectivity index (χ2n) is 4.93. The topological polar surface area (TPSA) is 98.9 Å². The molecular weight excluding hydrogens is 258 g/mol. The van der Waals surface area contributed by atoms with Gasteiger partial charge in [-0.3, -0.25) is 4.79 Å². The van der Waals surface area contributed by atoms with E-state index in [1.54, 1.807) is 11.6 Å². The number of anilines is 1. The highest BCUT2D eigenvalue weighted by atomic mass is 16.7. The minimum absolute atomic E-state index is 0.0894. The molecule has 0 aromatic carbocycles. The van der Waals surface area contributed by atoms with E-state index in [0.29, 0.717) is 29.0 Å². The Hall–Kier alpha value is -2.12. The first kappa shape index (κ1) is 12.9. The molecule has 20 heavy (non-hydrogen) atoms. The SMILES string of the molecule is CON1CCC(c2nn3cccc3c(N)c2C(N)=O)C1. The second kappa shape index (κ2) is 4.77. The van der Waals surface area contributed by atoms with E-state index in [-0.39, 0.29) is 5.92 Å². The maximum absolute atomic E-state index is 11.8. The van der Waals surface area contributed by atoms with Crippen molar-refractivity contribution in [2.24, 2.45) is 5.73 Å². The Balaban J connectivity index is 2.13. The maximum atomic E-state index is 11.8. The summed E-state index contributed by atoms with van der Waals surface area (Å²) >= 11 is 0. The first-order valence-corrected chi connectivity index (χ1v) is 6.47. The molecule has 1 atom stereocenters. The van der Waals surface area contributed by atoms with Crippen molar-refractivity contribution in [1.29, 1.82) is 0 Å². The molecule has 1 aliphatic heterocycles. The molecule has 0 bridgehead atoms. The zero-order valence-electron chi connectivity index (χ0n) is 11.2. The number of nitrogen functional groups attached to an aromatic ring is 1. The molecule has 0 spiro atoms. The van der Waals surface area contributed by atoms with E-state index in [2.05, 4.69) is 5.10 Å². The Kier molecular flexibility index (Phi) is 3.07. The van der Waals surface area contributed by atoms with Gasteiger partial charge in [0, 0.05) is 25.2 Å². The van der Waals surface area contributed by atoms with Crippen LogP contribution in [-0.2, 0) is 4.84 Å². The lowest BCUT2D eigenvalue weighted by atomic mass is 9.98. The normalized spacial score (nSPS) is 19.8. The third-order valence-electron chi connectivity index (χ3n) is 3.79. The van der Waals surface area contributed by atoms with Gasteiger partial charge in [-0.15, -0.1) is 0 Å². The molecule has 0 aliphatic carbocycles. The number of aromatic nitrogens is 2. The van der Waals surface area contributed by atoms with E-state index in [1.807, 2.05) is 23.4 Å². The Morgan fingerprint density at radius 3 is 3.00 bits per heavy atom. The van der Waals surface area contributed by atoms with E-state index in [1.165, 1.54) is 0 Å². The Labute approximate surface area is 116 Å². The number of hydrogen-bond donors (Lipinski definition) is 2. The largest absolute Gasteiger partial charge is 0.396 e. The summed E-state index contributed by atoms with van der Waals surface area (Å²) in [7, 11) is 1.63. The number of fused-ring (bicyclic) bond motifs is 1. The third-order valence-corrected chi connectivity index (χ3v) is 3.79. The number of primary amides is 1. The van der Waals surface area contributed by atoms with Crippen LogP contribution in [0.1, 0.15) is 28.4 Å². The van der Waals surface area contributed by atoms with E-state index in [0.717, 1.165) is 13.0 Å². The molecule has 1 fully saturated rings. The van der Waals surface area contributed by atoms with Crippen LogP contribution in [0.3, 0.4) is 0 Å². The zero-order valence-corrected chi connectivity index (χ0v) is 11.2. The van der Waals surface area contributed by atoms with E-state index >= 15 is 0 Å². The van der Waals surface area contributed by atoms with Crippen molar-refractivity contribution >= 4 is 17.1 Å². The number of rotatable bonds is 3. The van der Waals surface area contributed by atoms with Crippen molar-refractivity contribution in [1.82, 2.24) is 14.7 Å². The lowest BCUT2D eigenvalue weighted by molar-refractivity contribution is -0.113. The van der Waals surface area contributed by atoms with Gasteiger partial charge in [0.2, 0.25) is 0 Å². The number of hydroxylamine groups is 2. The molecule has 106 valence electrons. The van der Waals surface area contributed by atoms with Gasteiger partial charge in [-0.25, -0.2) is 4.52 Å². The van der Waals surface area contributed by atoms with Crippen LogP contribution in [0.15, 0.2) is 18.3 Å². The van der Waals surface area contributed by atoms with Crippen molar-refractivity contribution in [2.75, 3.05) is 25.9 Å². The van der Waals surface area contributed by atoms with Crippen LogP contribution in [-0.4, -0.2) is 40.8 Å². The molecule has 4 N–H and O–H groups in total. The first-order valence-electron chi connectivity index (χ1n) is 6.47. The molecule has 7 nitrogen and oxygen atoms in total. The fraction of sp³-hybridized carbons (Fsp3) is 0.385. The molecule has 1 unspecified atom stereocenters.